The number of nitrogens with two attached hydrogens (primary N) is 1. The fourth-order valence-corrected chi connectivity index (χ4v) is 5.36. The Bertz CT molecular complexity index is 1940. The normalized spacial score (nSPS) is 13.5. The Hall–Kier alpha value is -4.45. The molecule has 1 amide bonds. The summed E-state index contributed by atoms with van der Waals surface area (Å²) in [5, 5.41) is 7.29. The molecule has 0 fully saturated rings. The zero-order chi connectivity index (χ0) is 29.2. The second kappa shape index (κ2) is 9.58. The number of amides is 1. The smallest absolute Gasteiger partial charge is 0.416 e. The zero-order valence-electron chi connectivity index (χ0n) is 20.8. The van der Waals surface area contributed by atoms with Crippen LogP contribution in [0, 0.1) is 11.6 Å². The summed E-state index contributed by atoms with van der Waals surface area (Å²) in [4.78, 5) is 26.5. The standard InChI is InChI=1S/C28H18ClF5N4O3/c29-19-6-5-14(30)10-21(19)41-24-20(36-26(39)12-7-13(28(32,33)34)9-15(31)8-12)11-18-16-3-1-2-4-17(16)27(40)38-23(18)22(24)25(35)37-38/h5-11H,1-4H2,(H2,35,37)(H,36,39). The van der Waals surface area contributed by atoms with Crippen molar-refractivity contribution in [2.75, 3.05) is 11.1 Å². The van der Waals surface area contributed by atoms with Gasteiger partial charge in [0.15, 0.2) is 11.6 Å². The lowest BCUT2D eigenvalue weighted by Gasteiger charge is -2.20. The van der Waals surface area contributed by atoms with Crippen molar-refractivity contribution in [2.24, 2.45) is 0 Å². The molecule has 0 aliphatic heterocycles. The average Bonchev–Trinajstić information content (AvgIpc) is 3.27. The third-order valence-corrected chi connectivity index (χ3v) is 7.32. The van der Waals surface area contributed by atoms with E-state index in [9.17, 15) is 31.5 Å². The SMILES string of the molecule is Nc1nn2c(=O)c3c(c4cc(NC(=O)c5cc(F)cc(C(F)(F)F)c5)c(Oc5cc(F)ccc5Cl)c1c42)CCCC3. The molecule has 7 nitrogen and oxygen atoms in total. The Morgan fingerprint density at radius 3 is 2.49 bits per heavy atom. The number of nitrogens with zero attached hydrogens (tertiary/aromatic N) is 2. The monoisotopic (exact) mass is 588 g/mol. The topological polar surface area (TPSA) is 98.7 Å². The van der Waals surface area contributed by atoms with E-state index in [2.05, 4.69) is 10.4 Å². The summed E-state index contributed by atoms with van der Waals surface area (Å²) in [6.45, 7) is 0. The number of anilines is 2. The molecule has 0 radical (unpaired) electrons. The first kappa shape index (κ1) is 26.8. The molecule has 2 heterocycles. The summed E-state index contributed by atoms with van der Waals surface area (Å²) in [6.07, 6.45) is -2.29. The van der Waals surface area contributed by atoms with E-state index in [1.54, 1.807) is 0 Å². The second-order valence-electron chi connectivity index (χ2n) is 9.65. The van der Waals surface area contributed by atoms with Gasteiger partial charge in [-0.3, -0.25) is 9.59 Å². The Balaban J connectivity index is 1.59. The van der Waals surface area contributed by atoms with Crippen LogP contribution in [0.15, 0.2) is 47.3 Å². The van der Waals surface area contributed by atoms with Gasteiger partial charge in [0.05, 0.1) is 27.2 Å². The number of aryl methyl sites for hydroxylation is 1. The van der Waals surface area contributed by atoms with E-state index in [4.69, 9.17) is 22.1 Å². The van der Waals surface area contributed by atoms with E-state index >= 15 is 0 Å². The number of ether oxygens (including phenoxy) is 1. The highest BCUT2D eigenvalue weighted by atomic mass is 35.5. The summed E-state index contributed by atoms with van der Waals surface area (Å²) >= 11 is 6.22. The van der Waals surface area contributed by atoms with Gasteiger partial charge in [-0.15, -0.1) is 5.10 Å². The first-order valence-corrected chi connectivity index (χ1v) is 12.7. The number of alkyl halides is 3. The molecule has 2 aromatic heterocycles. The minimum atomic E-state index is -4.90. The van der Waals surface area contributed by atoms with E-state index in [1.165, 1.54) is 12.1 Å². The van der Waals surface area contributed by atoms with Crippen LogP contribution < -0.4 is 21.3 Å². The largest absolute Gasteiger partial charge is 0.453 e. The number of hydrogen-bond acceptors (Lipinski definition) is 5. The second-order valence-corrected chi connectivity index (χ2v) is 10.1. The molecule has 3 aromatic carbocycles. The molecule has 0 unspecified atom stereocenters. The molecular weight excluding hydrogens is 571 g/mol. The van der Waals surface area contributed by atoms with Crippen molar-refractivity contribution in [1.29, 1.82) is 0 Å². The number of aromatic nitrogens is 2. The highest BCUT2D eigenvalue weighted by Crippen LogP contribution is 2.45. The fourth-order valence-electron chi connectivity index (χ4n) is 5.21. The fraction of sp³-hybridized carbons (Fsp3) is 0.179. The highest BCUT2D eigenvalue weighted by molar-refractivity contribution is 6.32. The van der Waals surface area contributed by atoms with Crippen molar-refractivity contribution in [2.45, 2.75) is 31.9 Å². The molecule has 1 aliphatic rings. The molecule has 210 valence electrons. The molecule has 0 spiro atoms. The predicted octanol–water partition coefficient (Wildman–Crippen LogP) is 6.74. The van der Waals surface area contributed by atoms with Crippen molar-refractivity contribution < 1.29 is 31.5 Å². The number of carbonyl (C=O) groups excluding carboxylic acids is 1. The van der Waals surface area contributed by atoms with Gasteiger partial charge in [0, 0.05) is 22.6 Å². The maximum atomic E-state index is 14.1. The number of benzene rings is 3. The van der Waals surface area contributed by atoms with Crippen molar-refractivity contribution in [3.8, 4) is 11.5 Å². The molecule has 6 rings (SSSR count). The van der Waals surface area contributed by atoms with E-state index in [-0.39, 0.29) is 45.0 Å². The van der Waals surface area contributed by atoms with Crippen LogP contribution in [-0.2, 0) is 19.0 Å². The van der Waals surface area contributed by atoms with Gasteiger partial charge in [0.1, 0.15) is 17.4 Å². The first-order chi connectivity index (χ1) is 19.4. The van der Waals surface area contributed by atoms with Gasteiger partial charge in [-0.2, -0.15) is 17.7 Å². The summed E-state index contributed by atoms with van der Waals surface area (Å²) in [6, 6.07) is 6.24. The zero-order valence-corrected chi connectivity index (χ0v) is 21.6. The number of nitrogen functional groups attached to an aromatic ring is 1. The van der Waals surface area contributed by atoms with Gasteiger partial charge >= 0.3 is 6.18 Å². The van der Waals surface area contributed by atoms with Crippen molar-refractivity contribution in [1.82, 2.24) is 9.61 Å². The average molecular weight is 589 g/mol. The molecule has 3 N–H and O–H groups in total. The number of carbonyl (C=O) groups is 1. The summed E-state index contributed by atoms with van der Waals surface area (Å²) in [7, 11) is 0. The van der Waals surface area contributed by atoms with Crippen LogP contribution in [0.4, 0.5) is 33.5 Å². The number of hydrogen-bond donors (Lipinski definition) is 2. The summed E-state index contributed by atoms with van der Waals surface area (Å²) in [5.41, 5.74) is 5.37. The molecule has 13 heteroatoms. The van der Waals surface area contributed by atoms with Gasteiger partial charge in [0.25, 0.3) is 11.5 Å². The van der Waals surface area contributed by atoms with Crippen LogP contribution in [0.1, 0.15) is 39.9 Å². The third-order valence-electron chi connectivity index (χ3n) is 7.01. The Morgan fingerprint density at radius 1 is 1.02 bits per heavy atom. The molecular formula is C28H18ClF5N4O3. The molecule has 0 atom stereocenters. The van der Waals surface area contributed by atoms with Crippen LogP contribution in [-0.4, -0.2) is 15.5 Å². The van der Waals surface area contributed by atoms with Gasteiger partial charge < -0.3 is 15.8 Å². The third kappa shape index (κ3) is 4.57. The number of rotatable bonds is 4. The minimum Gasteiger partial charge on any atom is -0.453 e. The molecule has 5 aromatic rings. The molecule has 0 saturated heterocycles. The van der Waals surface area contributed by atoms with Crippen molar-refractivity contribution in [3.63, 3.8) is 0 Å². The minimum absolute atomic E-state index is 0.00717. The quantitative estimate of drug-likeness (QED) is 0.227. The van der Waals surface area contributed by atoms with Crippen LogP contribution in [0.5, 0.6) is 11.5 Å². The predicted molar refractivity (Wildman–Crippen MR) is 142 cm³/mol. The van der Waals surface area contributed by atoms with Crippen LogP contribution in [0.25, 0.3) is 16.3 Å². The Morgan fingerprint density at radius 2 is 1.76 bits per heavy atom. The summed E-state index contributed by atoms with van der Waals surface area (Å²) < 4.78 is 75.2. The lowest BCUT2D eigenvalue weighted by atomic mass is 9.89. The van der Waals surface area contributed by atoms with Crippen LogP contribution >= 0.6 is 11.6 Å². The number of pyridine rings is 1. The molecule has 0 saturated carbocycles. The van der Waals surface area contributed by atoms with E-state index in [1.807, 2.05) is 0 Å². The first-order valence-electron chi connectivity index (χ1n) is 12.4. The van der Waals surface area contributed by atoms with Gasteiger partial charge in [-0.25, -0.2) is 8.78 Å². The Labute approximate surface area is 232 Å². The molecule has 1 aliphatic carbocycles. The number of fused-ring (bicyclic) bond motifs is 2. The van der Waals surface area contributed by atoms with Crippen molar-refractivity contribution in [3.05, 3.63) is 91.7 Å². The maximum Gasteiger partial charge on any atom is 0.416 e. The number of halogens is 6. The molecule has 41 heavy (non-hydrogen) atoms. The lowest BCUT2D eigenvalue weighted by Crippen LogP contribution is -2.24. The van der Waals surface area contributed by atoms with Gasteiger partial charge in [0.2, 0.25) is 0 Å². The molecule has 0 bridgehead atoms. The van der Waals surface area contributed by atoms with Crippen LogP contribution in [0.2, 0.25) is 5.02 Å². The van der Waals surface area contributed by atoms with Gasteiger partial charge in [-0.1, -0.05) is 11.6 Å². The van der Waals surface area contributed by atoms with E-state index in [0.29, 0.717) is 41.4 Å². The highest BCUT2D eigenvalue weighted by Gasteiger charge is 2.33. The lowest BCUT2D eigenvalue weighted by molar-refractivity contribution is -0.137. The maximum absolute atomic E-state index is 14.1. The Kier molecular flexibility index (Phi) is 6.25. The van der Waals surface area contributed by atoms with Crippen LogP contribution in [0.3, 0.4) is 0 Å². The van der Waals surface area contributed by atoms with Gasteiger partial charge in [-0.05, 0) is 67.6 Å². The van der Waals surface area contributed by atoms with E-state index < -0.39 is 34.8 Å². The number of nitrogens with one attached hydrogen (secondary N) is 1. The summed E-state index contributed by atoms with van der Waals surface area (Å²) in [5.74, 6) is -3.56. The van der Waals surface area contributed by atoms with Crippen molar-refractivity contribution >= 4 is 45.3 Å². The van der Waals surface area contributed by atoms with E-state index in [0.717, 1.165) is 35.1 Å².